The summed E-state index contributed by atoms with van der Waals surface area (Å²) in [7, 11) is 0. The first-order valence-corrected chi connectivity index (χ1v) is 9.83. The van der Waals surface area contributed by atoms with E-state index in [4.69, 9.17) is 9.40 Å². The molecule has 4 aromatic rings. The zero-order valence-corrected chi connectivity index (χ0v) is 16.0. The number of hydrogen-bond donors (Lipinski definition) is 1. The first kappa shape index (κ1) is 17.7. The zero-order chi connectivity index (χ0) is 19.6. The van der Waals surface area contributed by atoms with Gasteiger partial charge >= 0.3 is 0 Å². The molecule has 6 heteroatoms. The number of nitrogens with one attached hydrogen (secondary N) is 1. The third kappa shape index (κ3) is 3.54. The van der Waals surface area contributed by atoms with Gasteiger partial charge in [0.1, 0.15) is 11.9 Å². The van der Waals surface area contributed by atoms with Crippen molar-refractivity contribution in [3.05, 3.63) is 90.1 Å². The number of piperazine rings is 1. The maximum absolute atomic E-state index is 13.1. The number of furan rings is 1. The van der Waals surface area contributed by atoms with Crippen molar-refractivity contribution in [2.75, 3.05) is 19.6 Å². The molecule has 0 bridgehead atoms. The minimum Gasteiger partial charge on any atom is -0.459 e. The van der Waals surface area contributed by atoms with Gasteiger partial charge in [0.25, 0.3) is 5.91 Å². The van der Waals surface area contributed by atoms with E-state index in [-0.39, 0.29) is 11.9 Å². The van der Waals surface area contributed by atoms with Crippen molar-refractivity contribution in [2.24, 2.45) is 0 Å². The van der Waals surface area contributed by atoms with E-state index in [1.807, 2.05) is 35.2 Å². The molecule has 29 heavy (non-hydrogen) atoms. The predicted molar refractivity (Wildman–Crippen MR) is 110 cm³/mol. The second-order valence-electron chi connectivity index (χ2n) is 7.35. The van der Waals surface area contributed by atoms with E-state index in [0.717, 1.165) is 29.9 Å². The van der Waals surface area contributed by atoms with E-state index in [1.165, 1.54) is 11.8 Å². The van der Waals surface area contributed by atoms with Crippen LogP contribution in [0.1, 0.15) is 28.0 Å². The SMILES string of the molecule is O=C(c1ccco1)N1CCN(Cc2ccccc2)CC1c1nc2ccccc2[nH]1. The number of H-pyrrole nitrogens is 1. The Kier molecular flexibility index (Phi) is 4.62. The van der Waals surface area contributed by atoms with Gasteiger partial charge < -0.3 is 14.3 Å². The molecule has 146 valence electrons. The van der Waals surface area contributed by atoms with Gasteiger partial charge in [0.15, 0.2) is 5.76 Å². The number of amides is 1. The van der Waals surface area contributed by atoms with Crippen LogP contribution in [0.2, 0.25) is 0 Å². The number of aromatic nitrogens is 2. The van der Waals surface area contributed by atoms with Gasteiger partial charge in [0.2, 0.25) is 0 Å². The molecule has 2 aromatic carbocycles. The van der Waals surface area contributed by atoms with E-state index >= 15 is 0 Å². The third-order valence-corrected chi connectivity index (χ3v) is 5.43. The number of nitrogens with zero attached hydrogens (tertiary/aromatic N) is 3. The lowest BCUT2D eigenvalue weighted by atomic mass is 10.1. The van der Waals surface area contributed by atoms with Crippen LogP contribution >= 0.6 is 0 Å². The molecular weight excluding hydrogens is 364 g/mol. The third-order valence-electron chi connectivity index (χ3n) is 5.43. The Balaban J connectivity index is 1.46. The van der Waals surface area contributed by atoms with Crippen LogP contribution in [0.4, 0.5) is 0 Å². The number of para-hydroxylation sites is 2. The van der Waals surface area contributed by atoms with Crippen molar-refractivity contribution in [1.82, 2.24) is 19.8 Å². The summed E-state index contributed by atoms with van der Waals surface area (Å²) in [4.78, 5) is 25.5. The molecule has 1 saturated heterocycles. The number of aromatic amines is 1. The van der Waals surface area contributed by atoms with E-state index in [9.17, 15) is 4.79 Å². The Morgan fingerprint density at radius 2 is 1.86 bits per heavy atom. The van der Waals surface area contributed by atoms with Crippen LogP contribution in [0.5, 0.6) is 0 Å². The lowest BCUT2D eigenvalue weighted by Crippen LogP contribution is -2.50. The van der Waals surface area contributed by atoms with E-state index in [2.05, 4.69) is 34.1 Å². The number of fused-ring (bicyclic) bond motifs is 1. The summed E-state index contributed by atoms with van der Waals surface area (Å²) < 4.78 is 5.38. The molecule has 1 aliphatic rings. The van der Waals surface area contributed by atoms with Crippen LogP contribution in [0.25, 0.3) is 11.0 Å². The number of rotatable bonds is 4. The summed E-state index contributed by atoms with van der Waals surface area (Å²) >= 11 is 0. The maximum atomic E-state index is 13.1. The maximum Gasteiger partial charge on any atom is 0.290 e. The minimum absolute atomic E-state index is 0.0974. The van der Waals surface area contributed by atoms with Gasteiger partial charge in [0, 0.05) is 26.2 Å². The molecule has 1 unspecified atom stereocenters. The second kappa shape index (κ2) is 7.56. The fourth-order valence-electron chi connectivity index (χ4n) is 3.97. The molecule has 0 aliphatic carbocycles. The second-order valence-corrected chi connectivity index (χ2v) is 7.35. The first-order valence-electron chi connectivity index (χ1n) is 9.83. The average molecular weight is 386 g/mol. The van der Waals surface area contributed by atoms with Crippen molar-refractivity contribution in [3.8, 4) is 0 Å². The number of carbonyl (C=O) groups is 1. The van der Waals surface area contributed by atoms with Crippen molar-refractivity contribution in [2.45, 2.75) is 12.6 Å². The predicted octanol–water partition coefficient (Wildman–Crippen LogP) is 3.86. The summed E-state index contributed by atoms with van der Waals surface area (Å²) in [5.41, 5.74) is 3.16. The highest BCUT2D eigenvalue weighted by Gasteiger charge is 2.35. The number of carbonyl (C=O) groups excluding carboxylic acids is 1. The quantitative estimate of drug-likeness (QED) is 0.578. The molecular formula is C23H22N4O2. The van der Waals surface area contributed by atoms with Crippen LogP contribution in [0, 0.1) is 0 Å². The van der Waals surface area contributed by atoms with Crippen molar-refractivity contribution in [1.29, 1.82) is 0 Å². The smallest absolute Gasteiger partial charge is 0.290 e. The summed E-state index contributed by atoms with van der Waals surface area (Å²) in [6, 6.07) is 21.7. The summed E-state index contributed by atoms with van der Waals surface area (Å²) in [5, 5.41) is 0. The molecule has 1 N–H and O–H groups in total. The minimum atomic E-state index is -0.169. The van der Waals surface area contributed by atoms with E-state index in [0.29, 0.717) is 18.8 Å². The van der Waals surface area contributed by atoms with Crippen molar-refractivity contribution in [3.63, 3.8) is 0 Å². The van der Waals surface area contributed by atoms with Crippen molar-refractivity contribution >= 4 is 16.9 Å². The van der Waals surface area contributed by atoms with Crippen LogP contribution in [0.3, 0.4) is 0 Å². The first-order chi connectivity index (χ1) is 14.3. The Morgan fingerprint density at radius 3 is 2.66 bits per heavy atom. The molecule has 1 atom stereocenters. The largest absolute Gasteiger partial charge is 0.459 e. The summed E-state index contributed by atoms with van der Waals surface area (Å²) in [6.45, 7) is 2.98. The van der Waals surface area contributed by atoms with Crippen LogP contribution < -0.4 is 0 Å². The highest BCUT2D eigenvalue weighted by atomic mass is 16.3. The summed E-state index contributed by atoms with van der Waals surface area (Å²) in [5.74, 6) is 1.08. The fourth-order valence-corrected chi connectivity index (χ4v) is 3.97. The summed E-state index contributed by atoms with van der Waals surface area (Å²) in [6.07, 6.45) is 1.54. The molecule has 1 aliphatic heterocycles. The molecule has 0 spiro atoms. The lowest BCUT2D eigenvalue weighted by Gasteiger charge is -2.40. The van der Waals surface area contributed by atoms with E-state index < -0.39 is 0 Å². The van der Waals surface area contributed by atoms with E-state index in [1.54, 1.807) is 12.1 Å². The Morgan fingerprint density at radius 1 is 1.03 bits per heavy atom. The highest BCUT2D eigenvalue weighted by Crippen LogP contribution is 2.28. The molecule has 0 saturated carbocycles. The molecule has 3 heterocycles. The lowest BCUT2D eigenvalue weighted by molar-refractivity contribution is 0.0390. The fraction of sp³-hybridized carbons (Fsp3) is 0.217. The van der Waals surface area contributed by atoms with Gasteiger partial charge in [-0.2, -0.15) is 0 Å². The van der Waals surface area contributed by atoms with Crippen LogP contribution in [0.15, 0.2) is 77.4 Å². The number of hydrogen-bond acceptors (Lipinski definition) is 4. The molecule has 5 rings (SSSR count). The Hall–Kier alpha value is -3.38. The normalized spacial score (nSPS) is 17.7. The average Bonchev–Trinajstić information content (AvgIpc) is 3.44. The molecule has 1 amide bonds. The molecule has 6 nitrogen and oxygen atoms in total. The highest BCUT2D eigenvalue weighted by molar-refractivity contribution is 5.92. The van der Waals surface area contributed by atoms with Gasteiger partial charge in [-0.3, -0.25) is 9.69 Å². The molecule has 1 fully saturated rings. The molecule has 2 aromatic heterocycles. The standard InChI is InChI=1S/C23H22N4O2/c28-23(21-11-6-14-29-21)27-13-12-26(15-17-7-2-1-3-8-17)16-20(27)22-24-18-9-4-5-10-19(18)25-22/h1-11,14,20H,12-13,15-16H2,(H,24,25). The van der Waals surface area contributed by atoms with Gasteiger partial charge in [-0.25, -0.2) is 4.98 Å². The zero-order valence-electron chi connectivity index (χ0n) is 16.0. The number of imidazole rings is 1. The van der Waals surface area contributed by atoms with Crippen LogP contribution in [-0.4, -0.2) is 45.3 Å². The monoisotopic (exact) mass is 386 g/mol. The van der Waals surface area contributed by atoms with Gasteiger partial charge in [-0.1, -0.05) is 42.5 Å². The Bertz CT molecular complexity index is 1070. The molecule has 0 radical (unpaired) electrons. The van der Waals surface area contributed by atoms with Gasteiger partial charge in [0.05, 0.1) is 17.3 Å². The van der Waals surface area contributed by atoms with Crippen LogP contribution in [-0.2, 0) is 6.54 Å². The Labute approximate surface area is 168 Å². The number of benzene rings is 2. The van der Waals surface area contributed by atoms with Gasteiger partial charge in [-0.15, -0.1) is 0 Å². The van der Waals surface area contributed by atoms with Crippen molar-refractivity contribution < 1.29 is 9.21 Å². The van der Waals surface area contributed by atoms with Gasteiger partial charge in [-0.05, 0) is 29.8 Å². The topological polar surface area (TPSA) is 65.4 Å².